The molecule has 1 aliphatic carbocycles. The summed E-state index contributed by atoms with van der Waals surface area (Å²) in [6.45, 7) is 7.92. The molecular formula is C17H32N6S. The van der Waals surface area contributed by atoms with E-state index in [1.165, 1.54) is 31.4 Å². The fourth-order valence-corrected chi connectivity index (χ4v) is 4.07. The van der Waals surface area contributed by atoms with Crippen LogP contribution in [0.3, 0.4) is 0 Å². The number of aliphatic imine (C=N–C) groups is 1. The van der Waals surface area contributed by atoms with Crippen molar-refractivity contribution < 1.29 is 0 Å². The van der Waals surface area contributed by atoms with Crippen LogP contribution < -0.4 is 10.6 Å². The Labute approximate surface area is 150 Å². The molecule has 2 N–H and O–H groups in total. The number of unbranched alkanes of at least 4 members (excludes halogenated alkanes) is 1. The van der Waals surface area contributed by atoms with Crippen LogP contribution in [0.1, 0.15) is 57.6 Å². The van der Waals surface area contributed by atoms with Gasteiger partial charge in [0.25, 0.3) is 0 Å². The van der Waals surface area contributed by atoms with Gasteiger partial charge in [-0.1, -0.05) is 20.3 Å². The van der Waals surface area contributed by atoms with Crippen LogP contribution in [0.2, 0.25) is 0 Å². The van der Waals surface area contributed by atoms with Gasteiger partial charge in [0.1, 0.15) is 12.4 Å². The first kappa shape index (κ1) is 19.1. The molecule has 1 fully saturated rings. The van der Waals surface area contributed by atoms with E-state index >= 15 is 0 Å². The van der Waals surface area contributed by atoms with Crippen molar-refractivity contribution in [1.29, 1.82) is 0 Å². The van der Waals surface area contributed by atoms with E-state index in [1.807, 2.05) is 18.5 Å². The molecule has 136 valence electrons. The zero-order valence-corrected chi connectivity index (χ0v) is 16.3. The standard InChI is InChI=1S/C17H32N6S/c1-5-7-10-18-17(19-12-16-22-21-13(3)23(16)4)20-14-8-9-15(11-14)24-6-2/h14-15H,5-12H2,1-4H3,(H2,18,19,20). The number of hydrogen-bond acceptors (Lipinski definition) is 4. The summed E-state index contributed by atoms with van der Waals surface area (Å²) in [5.41, 5.74) is 0. The van der Waals surface area contributed by atoms with Gasteiger partial charge in [-0.25, -0.2) is 4.99 Å². The Morgan fingerprint density at radius 1 is 1.33 bits per heavy atom. The zero-order chi connectivity index (χ0) is 17.4. The van der Waals surface area contributed by atoms with Crippen LogP contribution >= 0.6 is 11.8 Å². The smallest absolute Gasteiger partial charge is 0.191 e. The van der Waals surface area contributed by atoms with Gasteiger partial charge >= 0.3 is 0 Å². The predicted octanol–water partition coefficient (Wildman–Crippen LogP) is 2.63. The Morgan fingerprint density at radius 2 is 2.17 bits per heavy atom. The minimum Gasteiger partial charge on any atom is -0.356 e. The molecule has 2 unspecified atom stereocenters. The average molecular weight is 353 g/mol. The van der Waals surface area contributed by atoms with E-state index in [-0.39, 0.29) is 0 Å². The van der Waals surface area contributed by atoms with Gasteiger partial charge < -0.3 is 15.2 Å². The van der Waals surface area contributed by atoms with Crippen molar-refractivity contribution in [2.24, 2.45) is 12.0 Å². The number of rotatable bonds is 8. The molecule has 0 radical (unpaired) electrons. The molecule has 24 heavy (non-hydrogen) atoms. The van der Waals surface area contributed by atoms with Gasteiger partial charge in [-0.15, -0.1) is 10.2 Å². The molecule has 0 bridgehead atoms. The summed E-state index contributed by atoms with van der Waals surface area (Å²) in [4.78, 5) is 4.74. The summed E-state index contributed by atoms with van der Waals surface area (Å²) in [6, 6.07) is 0.531. The van der Waals surface area contributed by atoms with E-state index in [0.29, 0.717) is 12.6 Å². The average Bonchev–Trinajstić information content (AvgIpc) is 3.13. The van der Waals surface area contributed by atoms with Crippen molar-refractivity contribution in [3.8, 4) is 0 Å². The van der Waals surface area contributed by atoms with Crippen molar-refractivity contribution in [2.45, 2.75) is 70.7 Å². The normalized spacial score (nSPS) is 21.2. The van der Waals surface area contributed by atoms with Crippen LogP contribution in [0.4, 0.5) is 0 Å². The number of aromatic nitrogens is 3. The van der Waals surface area contributed by atoms with E-state index in [4.69, 9.17) is 4.99 Å². The van der Waals surface area contributed by atoms with Gasteiger partial charge in [-0.3, -0.25) is 0 Å². The van der Waals surface area contributed by atoms with Crippen LogP contribution in [-0.4, -0.2) is 44.3 Å². The van der Waals surface area contributed by atoms with Crippen molar-refractivity contribution in [3.63, 3.8) is 0 Å². The lowest BCUT2D eigenvalue weighted by Crippen LogP contribution is -2.43. The largest absolute Gasteiger partial charge is 0.356 e. The summed E-state index contributed by atoms with van der Waals surface area (Å²) >= 11 is 2.08. The first-order valence-electron chi connectivity index (χ1n) is 9.15. The Morgan fingerprint density at radius 3 is 2.83 bits per heavy atom. The first-order valence-corrected chi connectivity index (χ1v) is 10.2. The maximum atomic E-state index is 4.74. The molecule has 1 aromatic heterocycles. The highest BCUT2D eigenvalue weighted by Gasteiger charge is 2.25. The van der Waals surface area contributed by atoms with E-state index in [2.05, 4.69) is 46.4 Å². The summed E-state index contributed by atoms with van der Waals surface area (Å²) in [7, 11) is 1.99. The van der Waals surface area contributed by atoms with Crippen LogP contribution in [0.25, 0.3) is 0 Å². The van der Waals surface area contributed by atoms with Crippen molar-refractivity contribution in [1.82, 2.24) is 25.4 Å². The molecule has 0 aromatic carbocycles. The molecule has 2 atom stereocenters. The fraction of sp³-hybridized carbons (Fsp3) is 0.824. The number of nitrogens with one attached hydrogen (secondary N) is 2. The molecule has 0 amide bonds. The van der Waals surface area contributed by atoms with Crippen molar-refractivity contribution in [2.75, 3.05) is 12.3 Å². The fourth-order valence-electron chi connectivity index (χ4n) is 2.93. The predicted molar refractivity (Wildman–Crippen MR) is 102 cm³/mol. The van der Waals surface area contributed by atoms with Crippen LogP contribution in [-0.2, 0) is 13.6 Å². The van der Waals surface area contributed by atoms with Gasteiger partial charge in [-0.05, 0) is 38.4 Å². The monoisotopic (exact) mass is 352 g/mol. The number of thioether (sulfide) groups is 1. The zero-order valence-electron chi connectivity index (χ0n) is 15.5. The quantitative estimate of drug-likeness (QED) is 0.428. The van der Waals surface area contributed by atoms with Gasteiger partial charge in [0.2, 0.25) is 0 Å². The Kier molecular flexibility index (Phi) is 7.88. The topological polar surface area (TPSA) is 67.1 Å². The van der Waals surface area contributed by atoms with E-state index in [0.717, 1.165) is 35.8 Å². The second-order valence-corrected chi connectivity index (χ2v) is 7.98. The maximum absolute atomic E-state index is 4.74. The second kappa shape index (κ2) is 9.91. The maximum Gasteiger partial charge on any atom is 0.191 e. The molecule has 6 nitrogen and oxygen atoms in total. The molecule has 1 aromatic rings. The van der Waals surface area contributed by atoms with Crippen molar-refractivity contribution >= 4 is 17.7 Å². The lowest BCUT2D eigenvalue weighted by molar-refractivity contribution is 0.607. The van der Waals surface area contributed by atoms with E-state index < -0.39 is 0 Å². The number of guanidine groups is 1. The summed E-state index contributed by atoms with van der Waals surface area (Å²) in [5.74, 6) is 3.94. The summed E-state index contributed by atoms with van der Waals surface area (Å²) in [6.07, 6.45) is 6.11. The molecule has 1 heterocycles. The van der Waals surface area contributed by atoms with Crippen molar-refractivity contribution in [3.05, 3.63) is 11.6 Å². The molecule has 0 spiro atoms. The lowest BCUT2D eigenvalue weighted by Gasteiger charge is -2.18. The molecule has 2 rings (SSSR count). The number of nitrogens with zero attached hydrogens (tertiary/aromatic N) is 4. The molecule has 0 saturated heterocycles. The second-order valence-electron chi connectivity index (χ2n) is 6.40. The molecule has 1 saturated carbocycles. The summed E-state index contributed by atoms with van der Waals surface area (Å²) in [5, 5.41) is 16.2. The first-order chi connectivity index (χ1) is 11.6. The molecule has 7 heteroatoms. The minimum absolute atomic E-state index is 0.531. The third-order valence-corrected chi connectivity index (χ3v) is 5.74. The van der Waals surface area contributed by atoms with Gasteiger partial charge in [0.05, 0.1) is 0 Å². The lowest BCUT2D eigenvalue weighted by atomic mass is 10.2. The van der Waals surface area contributed by atoms with E-state index in [1.54, 1.807) is 0 Å². The highest BCUT2D eigenvalue weighted by molar-refractivity contribution is 7.99. The molecule has 1 aliphatic rings. The highest BCUT2D eigenvalue weighted by atomic mass is 32.2. The Hall–Kier alpha value is -1.24. The van der Waals surface area contributed by atoms with Gasteiger partial charge in [0, 0.05) is 24.9 Å². The Balaban J connectivity index is 1.93. The minimum atomic E-state index is 0.531. The Bertz CT molecular complexity index is 527. The van der Waals surface area contributed by atoms with E-state index in [9.17, 15) is 0 Å². The molecular weight excluding hydrogens is 320 g/mol. The van der Waals surface area contributed by atoms with Gasteiger partial charge in [0.15, 0.2) is 11.8 Å². The van der Waals surface area contributed by atoms with Crippen LogP contribution in [0.5, 0.6) is 0 Å². The third kappa shape index (κ3) is 5.69. The van der Waals surface area contributed by atoms with Crippen LogP contribution in [0, 0.1) is 6.92 Å². The SMILES string of the molecule is CCCCNC(=NCc1nnc(C)n1C)NC1CCC(SCC)C1. The van der Waals surface area contributed by atoms with Crippen LogP contribution in [0.15, 0.2) is 4.99 Å². The summed E-state index contributed by atoms with van der Waals surface area (Å²) < 4.78 is 2.00. The number of hydrogen-bond donors (Lipinski definition) is 2. The number of aryl methyl sites for hydroxylation is 1. The van der Waals surface area contributed by atoms with Gasteiger partial charge in [-0.2, -0.15) is 11.8 Å². The molecule has 0 aliphatic heterocycles. The third-order valence-electron chi connectivity index (χ3n) is 4.51. The highest BCUT2D eigenvalue weighted by Crippen LogP contribution is 2.29.